The second kappa shape index (κ2) is 7.60. The summed E-state index contributed by atoms with van der Waals surface area (Å²) >= 11 is 4.25. The van der Waals surface area contributed by atoms with E-state index in [2.05, 4.69) is 31.4 Å². The van der Waals surface area contributed by atoms with Gasteiger partial charge in [-0.25, -0.2) is 0 Å². The first kappa shape index (κ1) is 14.4. The number of thiol groups is 1. The predicted molar refractivity (Wildman–Crippen MR) is 76.4 cm³/mol. The van der Waals surface area contributed by atoms with Crippen LogP contribution in [0.15, 0.2) is 0 Å². The summed E-state index contributed by atoms with van der Waals surface area (Å²) in [6, 6.07) is 0. The molecule has 1 heterocycles. The molecule has 0 aliphatic carbocycles. The SMILES string of the molecule is CCC1(CC)CCN(CCCCCCS)C1. The molecule has 0 atom stereocenters. The summed E-state index contributed by atoms with van der Waals surface area (Å²) in [6.45, 7) is 8.74. The van der Waals surface area contributed by atoms with Crippen molar-refractivity contribution in [2.75, 3.05) is 25.4 Å². The zero-order valence-corrected chi connectivity index (χ0v) is 12.1. The van der Waals surface area contributed by atoms with Crippen LogP contribution in [0.25, 0.3) is 0 Å². The number of rotatable bonds is 8. The summed E-state index contributed by atoms with van der Waals surface area (Å²) in [5.74, 6) is 1.05. The molecule has 1 rings (SSSR count). The highest BCUT2D eigenvalue weighted by atomic mass is 32.1. The van der Waals surface area contributed by atoms with Gasteiger partial charge >= 0.3 is 0 Å². The molecule has 0 spiro atoms. The average Bonchev–Trinajstić information content (AvgIpc) is 2.73. The number of likely N-dealkylation sites (tertiary alicyclic amines) is 1. The fourth-order valence-corrected chi connectivity index (χ4v) is 3.07. The van der Waals surface area contributed by atoms with Crippen molar-refractivity contribution < 1.29 is 0 Å². The van der Waals surface area contributed by atoms with E-state index >= 15 is 0 Å². The standard InChI is InChI=1S/C14H29NS/c1-3-14(4-2)9-11-15(13-14)10-7-5-6-8-12-16/h16H,3-13H2,1-2H3. The van der Waals surface area contributed by atoms with Crippen LogP contribution in [0.5, 0.6) is 0 Å². The Balaban J connectivity index is 2.11. The molecule has 2 heteroatoms. The quantitative estimate of drug-likeness (QED) is 0.498. The van der Waals surface area contributed by atoms with E-state index in [1.165, 1.54) is 64.6 Å². The zero-order valence-electron chi connectivity index (χ0n) is 11.2. The molecule has 0 aromatic rings. The highest BCUT2D eigenvalue weighted by Crippen LogP contribution is 2.36. The number of unbranched alkanes of at least 4 members (excludes halogenated alkanes) is 3. The smallest absolute Gasteiger partial charge is 0.00382 e. The van der Waals surface area contributed by atoms with Crippen molar-refractivity contribution in [2.45, 2.75) is 58.8 Å². The molecule has 16 heavy (non-hydrogen) atoms. The third-order valence-corrected chi connectivity index (χ3v) is 4.72. The highest BCUT2D eigenvalue weighted by molar-refractivity contribution is 7.80. The van der Waals surface area contributed by atoms with E-state index in [1.807, 2.05) is 0 Å². The average molecular weight is 243 g/mol. The van der Waals surface area contributed by atoms with E-state index in [4.69, 9.17) is 0 Å². The van der Waals surface area contributed by atoms with Crippen molar-refractivity contribution in [1.29, 1.82) is 0 Å². The van der Waals surface area contributed by atoms with E-state index in [-0.39, 0.29) is 0 Å². The summed E-state index contributed by atoms with van der Waals surface area (Å²) in [5.41, 5.74) is 0.658. The van der Waals surface area contributed by atoms with Gasteiger partial charge in [-0.3, -0.25) is 0 Å². The molecule has 0 amide bonds. The Morgan fingerprint density at radius 2 is 1.75 bits per heavy atom. The summed E-state index contributed by atoms with van der Waals surface area (Å²) in [4.78, 5) is 2.69. The van der Waals surface area contributed by atoms with Gasteiger partial charge in [-0.15, -0.1) is 0 Å². The maximum Gasteiger partial charge on any atom is 0.00382 e. The topological polar surface area (TPSA) is 3.24 Å². The number of hydrogen-bond acceptors (Lipinski definition) is 2. The molecule has 1 nitrogen and oxygen atoms in total. The van der Waals surface area contributed by atoms with Gasteiger partial charge in [-0.05, 0) is 56.4 Å². The molecule has 0 radical (unpaired) electrons. The Morgan fingerprint density at radius 3 is 2.31 bits per heavy atom. The molecule has 1 aliphatic heterocycles. The van der Waals surface area contributed by atoms with E-state index in [0.29, 0.717) is 5.41 Å². The molecule has 0 unspecified atom stereocenters. The largest absolute Gasteiger partial charge is 0.303 e. The van der Waals surface area contributed by atoms with Crippen LogP contribution in [-0.4, -0.2) is 30.3 Å². The fraction of sp³-hybridized carbons (Fsp3) is 1.00. The van der Waals surface area contributed by atoms with Crippen molar-refractivity contribution in [2.24, 2.45) is 5.41 Å². The van der Waals surface area contributed by atoms with Gasteiger partial charge < -0.3 is 4.90 Å². The first-order valence-corrected chi connectivity index (χ1v) is 7.73. The van der Waals surface area contributed by atoms with Crippen LogP contribution in [0.4, 0.5) is 0 Å². The maximum absolute atomic E-state index is 4.25. The normalized spacial score (nSPS) is 20.4. The van der Waals surface area contributed by atoms with E-state index < -0.39 is 0 Å². The van der Waals surface area contributed by atoms with Crippen LogP contribution >= 0.6 is 12.6 Å². The van der Waals surface area contributed by atoms with Gasteiger partial charge in [0, 0.05) is 6.54 Å². The van der Waals surface area contributed by atoms with E-state index in [1.54, 1.807) is 0 Å². The predicted octanol–water partition coefficient (Wildman–Crippen LogP) is 3.99. The maximum atomic E-state index is 4.25. The Bertz CT molecular complexity index is 178. The lowest BCUT2D eigenvalue weighted by atomic mass is 9.82. The highest BCUT2D eigenvalue weighted by Gasteiger charge is 2.34. The number of nitrogens with zero attached hydrogens (tertiary/aromatic N) is 1. The zero-order chi connectivity index (χ0) is 11.9. The Morgan fingerprint density at radius 1 is 1.06 bits per heavy atom. The van der Waals surface area contributed by atoms with Gasteiger partial charge in [0.25, 0.3) is 0 Å². The minimum atomic E-state index is 0.658. The van der Waals surface area contributed by atoms with Gasteiger partial charge in [0.15, 0.2) is 0 Å². The Labute approximate surface area is 107 Å². The third-order valence-electron chi connectivity index (χ3n) is 4.40. The molecule has 0 aromatic heterocycles. The van der Waals surface area contributed by atoms with Crippen molar-refractivity contribution in [1.82, 2.24) is 4.90 Å². The summed E-state index contributed by atoms with van der Waals surface area (Å²) < 4.78 is 0. The molecular weight excluding hydrogens is 214 g/mol. The van der Waals surface area contributed by atoms with Crippen molar-refractivity contribution in [3.05, 3.63) is 0 Å². The molecule has 96 valence electrons. The summed E-state index contributed by atoms with van der Waals surface area (Å²) in [6.07, 6.45) is 9.58. The van der Waals surface area contributed by atoms with E-state index in [0.717, 1.165) is 5.75 Å². The van der Waals surface area contributed by atoms with Crippen LogP contribution in [0, 0.1) is 5.41 Å². The van der Waals surface area contributed by atoms with Gasteiger partial charge in [-0.1, -0.05) is 26.7 Å². The Kier molecular flexibility index (Phi) is 6.83. The number of hydrogen-bond donors (Lipinski definition) is 1. The van der Waals surface area contributed by atoms with Crippen LogP contribution in [0.3, 0.4) is 0 Å². The minimum Gasteiger partial charge on any atom is -0.303 e. The van der Waals surface area contributed by atoms with Crippen molar-refractivity contribution in [3.8, 4) is 0 Å². The van der Waals surface area contributed by atoms with Gasteiger partial charge in [0.1, 0.15) is 0 Å². The minimum absolute atomic E-state index is 0.658. The fourth-order valence-electron chi connectivity index (χ4n) is 2.85. The van der Waals surface area contributed by atoms with Gasteiger partial charge in [-0.2, -0.15) is 12.6 Å². The second-order valence-electron chi connectivity index (χ2n) is 5.37. The van der Waals surface area contributed by atoms with Crippen molar-refractivity contribution in [3.63, 3.8) is 0 Å². The molecule has 1 aliphatic rings. The molecule has 1 fully saturated rings. The second-order valence-corrected chi connectivity index (χ2v) is 5.82. The third kappa shape index (κ3) is 4.29. The molecule has 0 bridgehead atoms. The summed E-state index contributed by atoms with van der Waals surface area (Å²) in [5, 5.41) is 0. The molecule has 1 saturated heterocycles. The van der Waals surface area contributed by atoms with Gasteiger partial charge in [0.2, 0.25) is 0 Å². The van der Waals surface area contributed by atoms with Crippen molar-refractivity contribution >= 4 is 12.6 Å². The molecule has 0 aromatic carbocycles. The molecular formula is C14H29NS. The lowest BCUT2D eigenvalue weighted by Gasteiger charge is -2.26. The first-order chi connectivity index (χ1) is 7.76. The molecule has 0 N–H and O–H groups in total. The Hall–Kier alpha value is 0.310. The van der Waals surface area contributed by atoms with Crippen LogP contribution in [0.1, 0.15) is 58.8 Å². The summed E-state index contributed by atoms with van der Waals surface area (Å²) in [7, 11) is 0. The first-order valence-electron chi connectivity index (χ1n) is 7.09. The molecule has 0 saturated carbocycles. The lowest BCUT2D eigenvalue weighted by molar-refractivity contribution is 0.238. The van der Waals surface area contributed by atoms with Gasteiger partial charge in [0.05, 0.1) is 0 Å². The van der Waals surface area contributed by atoms with Crippen LogP contribution in [0.2, 0.25) is 0 Å². The van der Waals surface area contributed by atoms with E-state index in [9.17, 15) is 0 Å². The van der Waals surface area contributed by atoms with Crippen LogP contribution < -0.4 is 0 Å². The monoisotopic (exact) mass is 243 g/mol. The lowest BCUT2D eigenvalue weighted by Crippen LogP contribution is -2.27. The van der Waals surface area contributed by atoms with Crippen LogP contribution in [-0.2, 0) is 0 Å².